The van der Waals surface area contributed by atoms with Gasteiger partial charge in [-0.3, -0.25) is 4.79 Å². The summed E-state index contributed by atoms with van der Waals surface area (Å²) in [5.41, 5.74) is 6.55. The molecule has 0 radical (unpaired) electrons. The maximum atomic E-state index is 15.6. The van der Waals surface area contributed by atoms with E-state index >= 15 is 4.39 Å². The molecule has 9 heteroatoms. The quantitative estimate of drug-likeness (QED) is 0.394. The first-order valence-corrected chi connectivity index (χ1v) is 13.7. The fraction of sp³-hybridized carbons (Fsp3) is 0.567. The van der Waals surface area contributed by atoms with E-state index in [9.17, 15) is 15.0 Å². The number of carbonyl (C=O) groups is 1. The van der Waals surface area contributed by atoms with Gasteiger partial charge in [-0.1, -0.05) is 18.2 Å². The Hall–Kier alpha value is -2.56. The first-order valence-electron chi connectivity index (χ1n) is 13.7. The van der Waals surface area contributed by atoms with Crippen LogP contribution in [0.3, 0.4) is 0 Å². The van der Waals surface area contributed by atoms with E-state index in [1.54, 1.807) is 37.3 Å². The molecule has 1 aliphatic heterocycles. The minimum atomic E-state index is -1.59. The summed E-state index contributed by atoms with van der Waals surface area (Å²) in [6.07, 6.45) is 0.859. The highest BCUT2D eigenvalue weighted by molar-refractivity contribution is 5.79. The van der Waals surface area contributed by atoms with Crippen molar-refractivity contribution in [1.29, 1.82) is 0 Å². The van der Waals surface area contributed by atoms with Crippen LogP contribution in [0.5, 0.6) is 5.75 Å². The van der Waals surface area contributed by atoms with E-state index in [1.807, 2.05) is 19.1 Å². The van der Waals surface area contributed by atoms with E-state index in [2.05, 4.69) is 0 Å². The number of hydrogen-bond acceptors (Lipinski definition) is 7. The Balaban J connectivity index is 1.71. The maximum Gasteiger partial charge on any atom is 0.226 e. The second-order valence-corrected chi connectivity index (χ2v) is 10.8. The second kappa shape index (κ2) is 12.7. The van der Waals surface area contributed by atoms with Crippen LogP contribution in [0.25, 0.3) is 11.1 Å². The number of amides is 1. The number of carbonyl (C=O) groups excluding carboxylic acids is 1. The zero-order chi connectivity index (χ0) is 28.2. The van der Waals surface area contributed by atoms with Crippen molar-refractivity contribution in [3.8, 4) is 16.9 Å². The van der Waals surface area contributed by atoms with Crippen LogP contribution in [0, 0.1) is 18.7 Å². The third-order valence-electron chi connectivity index (χ3n) is 8.05. The number of methoxy groups -OCH3 is 2. The molecular weight excluding hydrogens is 503 g/mol. The fourth-order valence-corrected chi connectivity index (χ4v) is 5.94. The van der Waals surface area contributed by atoms with E-state index in [-0.39, 0.29) is 37.0 Å². The van der Waals surface area contributed by atoms with Gasteiger partial charge < -0.3 is 35.1 Å². The summed E-state index contributed by atoms with van der Waals surface area (Å²) < 4.78 is 32.4. The number of benzene rings is 2. The summed E-state index contributed by atoms with van der Waals surface area (Å²) in [5.74, 6) is -0.341. The minimum absolute atomic E-state index is 0.0973. The normalized spacial score (nSPS) is 24.9. The van der Waals surface area contributed by atoms with Gasteiger partial charge in [-0.15, -0.1) is 0 Å². The number of hydrogen-bond donors (Lipinski definition) is 3. The lowest BCUT2D eigenvalue weighted by Gasteiger charge is -2.43. The van der Waals surface area contributed by atoms with Gasteiger partial charge in [0.15, 0.2) is 0 Å². The summed E-state index contributed by atoms with van der Waals surface area (Å²) in [6, 6.07) is 9.77. The Labute approximate surface area is 229 Å². The molecule has 4 rings (SSSR count). The molecule has 1 amide bonds. The Morgan fingerprint density at radius 1 is 1.23 bits per heavy atom. The average molecular weight is 545 g/mol. The van der Waals surface area contributed by atoms with Gasteiger partial charge in [-0.2, -0.15) is 0 Å². The molecule has 4 N–H and O–H groups in total. The van der Waals surface area contributed by atoms with Gasteiger partial charge in [-0.25, -0.2) is 4.39 Å². The molecular formula is C30H41FN2O6. The van der Waals surface area contributed by atoms with Crippen LogP contribution in [0.15, 0.2) is 36.4 Å². The Kier molecular flexibility index (Phi) is 9.61. The van der Waals surface area contributed by atoms with Gasteiger partial charge in [0.1, 0.15) is 23.3 Å². The summed E-state index contributed by atoms with van der Waals surface area (Å²) in [4.78, 5) is 15.1. The van der Waals surface area contributed by atoms with Crippen LogP contribution in [0.4, 0.5) is 4.39 Å². The summed E-state index contributed by atoms with van der Waals surface area (Å²) >= 11 is 0. The highest BCUT2D eigenvalue weighted by atomic mass is 19.1. The third-order valence-corrected chi connectivity index (χ3v) is 8.05. The largest absolute Gasteiger partial charge is 0.497 e. The highest BCUT2D eigenvalue weighted by Crippen LogP contribution is 2.42. The SMILES string of the molecule is COCCCCC(O)(c1cccc(F)c1-c1cc(C)cc(OC)c1)C1CN(C(=O)[C@H]2C[C@@H](N)[C@@H](O)C2)CCO1. The molecule has 5 atom stereocenters. The van der Waals surface area contributed by atoms with E-state index in [1.165, 1.54) is 6.07 Å². The molecule has 2 unspecified atom stereocenters. The molecule has 2 aliphatic rings. The second-order valence-electron chi connectivity index (χ2n) is 10.8. The molecule has 0 bridgehead atoms. The van der Waals surface area contributed by atoms with Gasteiger partial charge in [0.25, 0.3) is 0 Å². The Bertz CT molecular complexity index is 1140. The van der Waals surface area contributed by atoms with Crippen LogP contribution in [-0.4, -0.2) is 79.8 Å². The molecule has 1 aliphatic carbocycles. The fourth-order valence-electron chi connectivity index (χ4n) is 5.94. The molecule has 39 heavy (non-hydrogen) atoms. The predicted octanol–water partition coefficient (Wildman–Crippen LogP) is 3.14. The van der Waals surface area contributed by atoms with Crippen molar-refractivity contribution in [3.05, 3.63) is 53.3 Å². The highest BCUT2D eigenvalue weighted by Gasteiger charge is 2.46. The van der Waals surface area contributed by atoms with Crippen molar-refractivity contribution < 1.29 is 33.6 Å². The van der Waals surface area contributed by atoms with Crippen molar-refractivity contribution in [2.24, 2.45) is 11.7 Å². The van der Waals surface area contributed by atoms with Crippen molar-refractivity contribution in [2.45, 2.75) is 62.9 Å². The van der Waals surface area contributed by atoms with Crippen LogP contribution >= 0.6 is 0 Å². The van der Waals surface area contributed by atoms with E-state index < -0.39 is 29.7 Å². The number of aliphatic hydroxyl groups excluding tert-OH is 1. The molecule has 2 aromatic carbocycles. The number of aliphatic hydroxyl groups is 2. The predicted molar refractivity (Wildman–Crippen MR) is 146 cm³/mol. The maximum absolute atomic E-state index is 15.6. The summed E-state index contributed by atoms with van der Waals surface area (Å²) in [5, 5.41) is 22.5. The number of ether oxygens (including phenoxy) is 3. The van der Waals surface area contributed by atoms with E-state index in [0.29, 0.717) is 55.7 Å². The number of nitrogens with two attached hydrogens (primary N) is 1. The molecule has 0 spiro atoms. The summed E-state index contributed by atoms with van der Waals surface area (Å²) in [6.45, 7) is 3.20. The van der Waals surface area contributed by atoms with Gasteiger partial charge in [0.05, 0.1) is 26.4 Å². The number of halogens is 1. The topological polar surface area (TPSA) is 114 Å². The average Bonchev–Trinajstić information content (AvgIpc) is 3.27. The van der Waals surface area contributed by atoms with E-state index in [4.69, 9.17) is 19.9 Å². The van der Waals surface area contributed by atoms with Crippen molar-refractivity contribution in [3.63, 3.8) is 0 Å². The first kappa shape index (κ1) is 29.4. The monoisotopic (exact) mass is 544 g/mol. The standard InChI is InChI=1S/C30H41FN2O6/c1-19-13-20(15-22(14-19)38-3)28-23(7-6-8-24(28)31)30(36,9-4-5-11-37-2)27-18-33(10-12-39-27)29(35)21-16-25(32)26(34)17-21/h6-8,13-15,21,25-27,34,36H,4-5,9-12,16-18,32H2,1-3H3/t21-,25+,26-,27?,30?/m0/s1. The molecule has 1 saturated carbocycles. The number of unbranched alkanes of at least 4 members (excludes halogenated alkanes) is 1. The van der Waals surface area contributed by atoms with Gasteiger partial charge in [0, 0.05) is 37.8 Å². The molecule has 1 saturated heterocycles. The Morgan fingerprint density at radius 3 is 2.72 bits per heavy atom. The number of aryl methyl sites for hydroxylation is 1. The number of rotatable bonds is 10. The van der Waals surface area contributed by atoms with Crippen LogP contribution in [-0.2, 0) is 19.9 Å². The number of morpholine rings is 1. The molecule has 8 nitrogen and oxygen atoms in total. The zero-order valence-electron chi connectivity index (χ0n) is 23.1. The lowest BCUT2D eigenvalue weighted by molar-refractivity contribution is -0.167. The molecule has 2 fully saturated rings. The minimum Gasteiger partial charge on any atom is -0.497 e. The van der Waals surface area contributed by atoms with Crippen molar-refractivity contribution in [2.75, 3.05) is 40.5 Å². The number of nitrogens with zero attached hydrogens (tertiary/aromatic N) is 1. The lowest BCUT2D eigenvalue weighted by Crippen LogP contribution is -2.55. The molecule has 214 valence electrons. The lowest BCUT2D eigenvalue weighted by atomic mass is 9.78. The summed E-state index contributed by atoms with van der Waals surface area (Å²) in [7, 11) is 3.19. The molecule has 0 aromatic heterocycles. The van der Waals surface area contributed by atoms with Crippen LogP contribution in [0.2, 0.25) is 0 Å². The smallest absolute Gasteiger partial charge is 0.226 e. The Morgan fingerprint density at radius 2 is 2.03 bits per heavy atom. The van der Waals surface area contributed by atoms with Gasteiger partial charge >= 0.3 is 0 Å². The van der Waals surface area contributed by atoms with Gasteiger partial charge in [-0.05, 0) is 73.9 Å². The van der Waals surface area contributed by atoms with Crippen molar-refractivity contribution in [1.82, 2.24) is 4.90 Å². The molecule has 1 heterocycles. The van der Waals surface area contributed by atoms with Crippen molar-refractivity contribution >= 4 is 5.91 Å². The first-order chi connectivity index (χ1) is 18.7. The van der Waals surface area contributed by atoms with E-state index in [0.717, 1.165) is 5.56 Å². The van der Waals surface area contributed by atoms with Crippen LogP contribution in [0.1, 0.15) is 43.2 Å². The third kappa shape index (κ3) is 6.44. The van der Waals surface area contributed by atoms with Crippen LogP contribution < -0.4 is 10.5 Å². The zero-order valence-corrected chi connectivity index (χ0v) is 23.1. The van der Waals surface area contributed by atoms with Gasteiger partial charge in [0.2, 0.25) is 5.91 Å². The molecule has 2 aromatic rings.